The third-order valence-corrected chi connectivity index (χ3v) is 5.27. The summed E-state index contributed by atoms with van der Waals surface area (Å²) < 4.78 is 0. The second-order valence-corrected chi connectivity index (χ2v) is 7.17. The van der Waals surface area contributed by atoms with E-state index in [1.54, 1.807) is 0 Å². The maximum atomic E-state index is 12.4. The summed E-state index contributed by atoms with van der Waals surface area (Å²) in [4.78, 5) is 16.9. The molecule has 23 heavy (non-hydrogen) atoms. The lowest BCUT2D eigenvalue weighted by molar-refractivity contribution is 0.115. The number of urea groups is 1. The molecule has 1 aromatic carbocycles. The molecule has 1 saturated heterocycles. The smallest absolute Gasteiger partial charge is 0.321 e. The molecule has 0 radical (unpaired) electrons. The number of nitrogens with one attached hydrogen (secondary N) is 1. The Kier molecular flexibility index (Phi) is 5.21. The summed E-state index contributed by atoms with van der Waals surface area (Å²) in [5, 5.41) is 3.03. The Labute approximate surface area is 139 Å². The number of nitrogens with zero attached hydrogens (tertiary/aromatic N) is 2. The van der Waals surface area contributed by atoms with E-state index in [-0.39, 0.29) is 6.03 Å². The van der Waals surface area contributed by atoms with Gasteiger partial charge in [-0.25, -0.2) is 4.79 Å². The monoisotopic (exact) mass is 315 g/mol. The number of benzene rings is 1. The molecule has 0 unspecified atom stereocenters. The maximum absolute atomic E-state index is 12.4. The highest BCUT2D eigenvalue weighted by atomic mass is 16.2. The molecule has 2 amide bonds. The van der Waals surface area contributed by atoms with Gasteiger partial charge in [0.15, 0.2) is 0 Å². The summed E-state index contributed by atoms with van der Waals surface area (Å²) in [5.74, 6) is 0.517. The topological polar surface area (TPSA) is 35.6 Å². The number of piperazine rings is 1. The number of carbonyl (C=O) groups excluding carboxylic acids is 1. The molecule has 4 heteroatoms. The fourth-order valence-corrected chi connectivity index (χ4v) is 3.71. The molecule has 3 rings (SSSR count). The Morgan fingerprint density at radius 2 is 1.65 bits per heavy atom. The van der Waals surface area contributed by atoms with Gasteiger partial charge in [-0.15, -0.1) is 0 Å². The van der Waals surface area contributed by atoms with Crippen LogP contribution >= 0.6 is 0 Å². The molecule has 0 spiro atoms. The van der Waals surface area contributed by atoms with Crippen LogP contribution in [0.1, 0.15) is 51.0 Å². The Morgan fingerprint density at radius 1 is 1.04 bits per heavy atom. The summed E-state index contributed by atoms with van der Waals surface area (Å²) in [7, 11) is 0. The molecule has 0 bridgehead atoms. The molecule has 1 saturated carbocycles. The van der Waals surface area contributed by atoms with Crippen LogP contribution in [-0.4, -0.2) is 48.1 Å². The van der Waals surface area contributed by atoms with Crippen molar-refractivity contribution in [1.29, 1.82) is 0 Å². The van der Waals surface area contributed by atoms with E-state index in [0.717, 1.165) is 37.9 Å². The molecule has 0 atom stereocenters. The fraction of sp³-hybridized carbons (Fsp3) is 0.632. The van der Waals surface area contributed by atoms with Crippen molar-refractivity contribution in [3.05, 3.63) is 29.8 Å². The van der Waals surface area contributed by atoms with E-state index >= 15 is 0 Å². The van der Waals surface area contributed by atoms with Crippen molar-refractivity contribution >= 4 is 11.7 Å². The summed E-state index contributed by atoms with van der Waals surface area (Å²) in [6, 6.07) is 9.00. The van der Waals surface area contributed by atoms with Gasteiger partial charge in [-0.2, -0.15) is 0 Å². The lowest BCUT2D eigenvalue weighted by atomic mass is 10.0. The van der Waals surface area contributed by atoms with Crippen LogP contribution < -0.4 is 5.32 Å². The number of amides is 2. The maximum Gasteiger partial charge on any atom is 0.321 e. The summed E-state index contributed by atoms with van der Waals surface area (Å²) in [6.07, 6.45) is 5.43. The first-order valence-electron chi connectivity index (χ1n) is 9.03. The van der Waals surface area contributed by atoms with E-state index in [4.69, 9.17) is 0 Å². The van der Waals surface area contributed by atoms with Gasteiger partial charge >= 0.3 is 6.03 Å². The molecule has 1 aliphatic carbocycles. The molecule has 0 aromatic heterocycles. The van der Waals surface area contributed by atoms with E-state index < -0.39 is 0 Å². The van der Waals surface area contributed by atoms with Gasteiger partial charge in [0, 0.05) is 37.9 Å². The lowest BCUT2D eigenvalue weighted by Gasteiger charge is -2.38. The molecule has 4 nitrogen and oxygen atoms in total. The minimum Gasteiger partial charge on any atom is -0.322 e. The van der Waals surface area contributed by atoms with Crippen LogP contribution in [0.2, 0.25) is 0 Å². The molecular formula is C19H29N3O. The molecular weight excluding hydrogens is 286 g/mol. The van der Waals surface area contributed by atoms with Crippen molar-refractivity contribution in [1.82, 2.24) is 9.80 Å². The Bertz CT molecular complexity index is 512. The van der Waals surface area contributed by atoms with Gasteiger partial charge in [0.05, 0.1) is 0 Å². The number of rotatable bonds is 3. The molecule has 1 N–H and O–H groups in total. The van der Waals surface area contributed by atoms with E-state index in [0.29, 0.717) is 5.92 Å². The van der Waals surface area contributed by atoms with Gasteiger partial charge in [0.1, 0.15) is 0 Å². The summed E-state index contributed by atoms with van der Waals surface area (Å²) in [6.45, 7) is 8.07. The second-order valence-electron chi connectivity index (χ2n) is 7.17. The third kappa shape index (κ3) is 4.05. The van der Waals surface area contributed by atoms with Crippen LogP contribution in [0.3, 0.4) is 0 Å². The zero-order valence-corrected chi connectivity index (χ0v) is 14.4. The van der Waals surface area contributed by atoms with Crippen molar-refractivity contribution in [2.45, 2.75) is 51.5 Å². The average Bonchev–Trinajstić information content (AvgIpc) is 3.10. The van der Waals surface area contributed by atoms with Crippen LogP contribution in [0.25, 0.3) is 0 Å². The Hall–Kier alpha value is -1.55. The number of hydrogen-bond acceptors (Lipinski definition) is 2. The molecule has 1 aromatic rings. The van der Waals surface area contributed by atoms with Crippen LogP contribution in [0.4, 0.5) is 10.5 Å². The quantitative estimate of drug-likeness (QED) is 0.918. The predicted molar refractivity (Wildman–Crippen MR) is 95.0 cm³/mol. The minimum atomic E-state index is 0.0355. The summed E-state index contributed by atoms with van der Waals surface area (Å²) >= 11 is 0. The Morgan fingerprint density at radius 3 is 2.22 bits per heavy atom. The van der Waals surface area contributed by atoms with Crippen LogP contribution in [0.15, 0.2) is 24.3 Å². The first-order valence-corrected chi connectivity index (χ1v) is 9.03. The number of hydrogen-bond donors (Lipinski definition) is 1. The van der Waals surface area contributed by atoms with Gasteiger partial charge < -0.3 is 10.2 Å². The standard InChI is InChI=1S/C19H29N3O/c1-15(2)16-7-9-17(10-8-16)20-19(23)22-13-11-21(12-14-22)18-5-3-4-6-18/h7-10,15,18H,3-6,11-14H2,1-2H3,(H,20,23). The van der Waals surface area contributed by atoms with Gasteiger partial charge in [-0.05, 0) is 36.5 Å². The molecule has 126 valence electrons. The minimum absolute atomic E-state index is 0.0355. The van der Waals surface area contributed by atoms with E-state index in [2.05, 4.69) is 36.2 Å². The van der Waals surface area contributed by atoms with E-state index in [1.807, 2.05) is 17.0 Å². The van der Waals surface area contributed by atoms with Crippen LogP contribution in [0, 0.1) is 0 Å². The fourth-order valence-electron chi connectivity index (χ4n) is 3.71. The predicted octanol–water partition coefficient (Wildman–Crippen LogP) is 3.90. The molecule has 2 aliphatic rings. The third-order valence-electron chi connectivity index (χ3n) is 5.27. The second kappa shape index (κ2) is 7.35. The molecule has 1 aliphatic heterocycles. The van der Waals surface area contributed by atoms with Crippen molar-refractivity contribution in [2.24, 2.45) is 0 Å². The normalized spacial score (nSPS) is 20.2. The largest absolute Gasteiger partial charge is 0.322 e. The molecule has 2 fully saturated rings. The first-order chi connectivity index (χ1) is 11.1. The van der Waals surface area contributed by atoms with Crippen molar-refractivity contribution in [3.63, 3.8) is 0 Å². The number of carbonyl (C=O) groups is 1. The SMILES string of the molecule is CC(C)c1ccc(NC(=O)N2CCN(C3CCCC3)CC2)cc1. The highest BCUT2D eigenvalue weighted by molar-refractivity contribution is 5.89. The highest BCUT2D eigenvalue weighted by Gasteiger charge is 2.27. The van der Waals surface area contributed by atoms with Crippen LogP contribution in [-0.2, 0) is 0 Å². The van der Waals surface area contributed by atoms with Gasteiger partial charge in [-0.1, -0.05) is 38.8 Å². The average molecular weight is 315 g/mol. The van der Waals surface area contributed by atoms with Crippen molar-refractivity contribution in [2.75, 3.05) is 31.5 Å². The van der Waals surface area contributed by atoms with Gasteiger partial charge in [0.25, 0.3) is 0 Å². The summed E-state index contributed by atoms with van der Waals surface area (Å²) in [5.41, 5.74) is 2.19. The van der Waals surface area contributed by atoms with Crippen LogP contribution in [0.5, 0.6) is 0 Å². The van der Waals surface area contributed by atoms with E-state index in [9.17, 15) is 4.79 Å². The number of anilines is 1. The zero-order chi connectivity index (χ0) is 16.2. The van der Waals surface area contributed by atoms with Gasteiger partial charge in [0.2, 0.25) is 0 Å². The van der Waals surface area contributed by atoms with E-state index in [1.165, 1.54) is 31.2 Å². The van der Waals surface area contributed by atoms with Crippen molar-refractivity contribution < 1.29 is 4.79 Å². The lowest BCUT2D eigenvalue weighted by Crippen LogP contribution is -2.52. The van der Waals surface area contributed by atoms with Crippen molar-refractivity contribution in [3.8, 4) is 0 Å². The highest BCUT2D eigenvalue weighted by Crippen LogP contribution is 2.24. The Balaban J connectivity index is 1.49. The first kappa shape index (κ1) is 16.3. The zero-order valence-electron chi connectivity index (χ0n) is 14.4. The van der Waals surface area contributed by atoms with Gasteiger partial charge in [-0.3, -0.25) is 4.90 Å². The molecule has 1 heterocycles.